The van der Waals surface area contributed by atoms with Crippen molar-refractivity contribution in [1.82, 2.24) is 0 Å². The minimum absolute atomic E-state index is 0.207. The first-order chi connectivity index (χ1) is 13.5. The maximum Gasteiger partial charge on any atom is 0.317 e. The molecule has 7 nitrogen and oxygen atoms in total. The first-order valence-corrected chi connectivity index (χ1v) is 8.80. The predicted octanol–water partition coefficient (Wildman–Crippen LogP) is 1.81. The van der Waals surface area contributed by atoms with Crippen LogP contribution in [0.15, 0.2) is 42.5 Å². The van der Waals surface area contributed by atoms with E-state index in [2.05, 4.69) is 0 Å². The van der Waals surface area contributed by atoms with Crippen molar-refractivity contribution < 1.29 is 33.6 Å². The molecule has 7 heteroatoms. The van der Waals surface area contributed by atoms with E-state index >= 15 is 0 Å². The van der Waals surface area contributed by atoms with E-state index in [1.165, 1.54) is 21.3 Å². The number of rotatable bonds is 4. The van der Waals surface area contributed by atoms with Crippen molar-refractivity contribution in [3.63, 3.8) is 0 Å². The average molecular weight is 384 g/mol. The van der Waals surface area contributed by atoms with E-state index in [0.29, 0.717) is 17.1 Å². The maximum absolute atomic E-state index is 13.4. The number of Topliss-reactive ketones (excluding diaryl/α,β-unsaturated/α-hetero) is 1. The number of benzene rings is 2. The number of ether oxygens (including phenoxy) is 4. The Kier molecular flexibility index (Phi) is 4.27. The van der Waals surface area contributed by atoms with Crippen molar-refractivity contribution in [2.45, 2.75) is 17.6 Å². The van der Waals surface area contributed by atoms with Gasteiger partial charge in [-0.15, -0.1) is 0 Å². The monoisotopic (exact) mass is 384 g/mol. The van der Waals surface area contributed by atoms with E-state index in [4.69, 9.17) is 18.9 Å². The highest BCUT2D eigenvalue weighted by Crippen LogP contribution is 2.59. The summed E-state index contributed by atoms with van der Waals surface area (Å²) >= 11 is 0. The van der Waals surface area contributed by atoms with E-state index in [1.54, 1.807) is 36.4 Å². The molecule has 2 aromatic rings. The fourth-order valence-corrected chi connectivity index (χ4v) is 4.27. The van der Waals surface area contributed by atoms with Gasteiger partial charge in [-0.25, -0.2) is 0 Å². The Balaban J connectivity index is 1.93. The van der Waals surface area contributed by atoms with Gasteiger partial charge in [0.2, 0.25) is 0 Å². The molecule has 1 saturated carbocycles. The Hall–Kier alpha value is -3.06. The molecule has 1 heterocycles. The normalized spacial score (nSPS) is 27.6. The standard InChI is InChI=1S/C21H20O7/c1-25-12-9-13(26-2)17-14(10-12)28-19-15(11-7-5-4-6-8-11)16(20(23)27-3)18(22)21(17,19)24/h4-10,15-16,19,24H,1-3H3/t15-,16?,19?,21+/m0/s1. The summed E-state index contributed by atoms with van der Waals surface area (Å²) in [6.45, 7) is 0. The molecule has 2 aliphatic rings. The summed E-state index contributed by atoms with van der Waals surface area (Å²) in [6, 6.07) is 12.2. The molecule has 1 aliphatic carbocycles. The summed E-state index contributed by atoms with van der Waals surface area (Å²) in [5.41, 5.74) is -1.13. The number of carbonyl (C=O) groups excluding carboxylic acids is 2. The fourth-order valence-electron chi connectivity index (χ4n) is 4.27. The van der Waals surface area contributed by atoms with Crippen LogP contribution in [0.25, 0.3) is 0 Å². The number of hydrogen-bond donors (Lipinski definition) is 1. The molecule has 4 atom stereocenters. The number of carbonyl (C=O) groups is 2. The molecular formula is C21H20O7. The predicted molar refractivity (Wildman–Crippen MR) is 97.6 cm³/mol. The van der Waals surface area contributed by atoms with Gasteiger partial charge in [-0.2, -0.15) is 0 Å². The van der Waals surface area contributed by atoms with Gasteiger partial charge >= 0.3 is 5.97 Å². The fraction of sp³-hybridized carbons (Fsp3) is 0.333. The Bertz CT molecular complexity index is 939. The summed E-state index contributed by atoms with van der Waals surface area (Å²) in [5, 5.41) is 11.6. The highest BCUT2D eigenvalue weighted by molar-refractivity contribution is 6.08. The van der Waals surface area contributed by atoms with Crippen LogP contribution in [0.4, 0.5) is 0 Å². The largest absolute Gasteiger partial charge is 0.496 e. The van der Waals surface area contributed by atoms with E-state index in [1.807, 2.05) is 6.07 Å². The molecule has 4 rings (SSSR count). The molecule has 0 amide bonds. The van der Waals surface area contributed by atoms with Crippen LogP contribution in [0.2, 0.25) is 0 Å². The summed E-state index contributed by atoms with van der Waals surface area (Å²) in [5.74, 6) is -2.27. The molecule has 1 N–H and O–H groups in total. The molecule has 1 fully saturated rings. The lowest BCUT2D eigenvalue weighted by Gasteiger charge is -2.24. The number of esters is 1. The summed E-state index contributed by atoms with van der Waals surface area (Å²) in [7, 11) is 4.14. The number of aliphatic hydroxyl groups is 1. The Labute approximate surface area is 161 Å². The second-order valence-electron chi connectivity index (χ2n) is 6.81. The highest BCUT2D eigenvalue weighted by atomic mass is 16.5. The minimum atomic E-state index is -2.04. The van der Waals surface area contributed by atoms with Gasteiger partial charge in [0, 0.05) is 18.1 Å². The molecule has 146 valence electrons. The van der Waals surface area contributed by atoms with E-state index in [9.17, 15) is 14.7 Å². The molecule has 2 unspecified atom stereocenters. The van der Waals surface area contributed by atoms with Crippen molar-refractivity contribution in [3.05, 3.63) is 53.6 Å². The van der Waals surface area contributed by atoms with Gasteiger partial charge in [-0.3, -0.25) is 9.59 Å². The van der Waals surface area contributed by atoms with Crippen molar-refractivity contribution >= 4 is 11.8 Å². The molecule has 2 aromatic carbocycles. The lowest BCUT2D eigenvalue weighted by atomic mass is 9.86. The van der Waals surface area contributed by atoms with E-state index in [-0.39, 0.29) is 11.3 Å². The van der Waals surface area contributed by atoms with Gasteiger partial charge < -0.3 is 24.1 Å². The Morgan fingerprint density at radius 2 is 1.82 bits per heavy atom. The van der Waals surface area contributed by atoms with Gasteiger partial charge in [0.15, 0.2) is 11.4 Å². The first-order valence-electron chi connectivity index (χ1n) is 8.80. The summed E-state index contributed by atoms with van der Waals surface area (Å²) < 4.78 is 21.6. The maximum atomic E-state index is 13.4. The Morgan fingerprint density at radius 1 is 1.11 bits per heavy atom. The van der Waals surface area contributed by atoms with E-state index in [0.717, 1.165) is 0 Å². The second kappa shape index (κ2) is 6.53. The summed E-state index contributed by atoms with van der Waals surface area (Å²) in [4.78, 5) is 25.8. The SMILES string of the molecule is COC(=O)C1C(=O)[C@]2(O)c3c(OC)cc(OC)cc3OC2[C@H]1c1ccccc1. The lowest BCUT2D eigenvalue weighted by Crippen LogP contribution is -2.40. The Morgan fingerprint density at radius 3 is 2.43 bits per heavy atom. The first kappa shape index (κ1) is 18.3. The third-order valence-corrected chi connectivity index (χ3v) is 5.52. The molecular weight excluding hydrogens is 364 g/mol. The molecule has 0 saturated heterocycles. The van der Waals surface area contributed by atoms with Crippen molar-refractivity contribution in [2.24, 2.45) is 5.92 Å². The van der Waals surface area contributed by atoms with Gasteiger partial charge in [-0.05, 0) is 5.56 Å². The number of hydrogen-bond acceptors (Lipinski definition) is 7. The second-order valence-corrected chi connectivity index (χ2v) is 6.81. The topological polar surface area (TPSA) is 91.3 Å². The minimum Gasteiger partial charge on any atom is -0.496 e. The van der Waals surface area contributed by atoms with Crippen molar-refractivity contribution in [1.29, 1.82) is 0 Å². The van der Waals surface area contributed by atoms with Crippen molar-refractivity contribution in [2.75, 3.05) is 21.3 Å². The number of fused-ring (bicyclic) bond motifs is 3. The van der Waals surface area contributed by atoms with Crippen LogP contribution >= 0.6 is 0 Å². The third kappa shape index (κ3) is 2.32. The quantitative estimate of drug-likeness (QED) is 0.635. The van der Waals surface area contributed by atoms with Gasteiger partial charge in [-0.1, -0.05) is 30.3 Å². The number of ketones is 1. The van der Waals surface area contributed by atoms with Crippen molar-refractivity contribution in [3.8, 4) is 17.2 Å². The third-order valence-electron chi connectivity index (χ3n) is 5.52. The van der Waals surface area contributed by atoms with E-state index < -0.39 is 35.3 Å². The highest BCUT2D eigenvalue weighted by Gasteiger charge is 2.69. The molecule has 28 heavy (non-hydrogen) atoms. The van der Waals surface area contributed by atoms with Crippen LogP contribution in [0.1, 0.15) is 17.0 Å². The zero-order chi connectivity index (χ0) is 20.1. The molecule has 0 radical (unpaired) electrons. The molecule has 0 spiro atoms. The molecule has 1 aliphatic heterocycles. The zero-order valence-electron chi connectivity index (χ0n) is 15.7. The number of methoxy groups -OCH3 is 3. The van der Waals surface area contributed by atoms with Gasteiger partial charge in [0.05, 0.1) is 26.9 Å². The lowest BCUT2D eigenvalue weighted by molar-refractivity contribution is -0.152. The smallest absolute Gasteiger partial charge is 0.317 e. The van der Waals surface area contributed by atoms with Crippen LogP contribution in [0.5, 0.6) is 17.2 Å². The van der Waals surface area contributed by atoms with Gasteiger partial charge in [0.1, 0.15) is 29.3 Å². The molecule has 0 aromatic heterocycles. The molecule has 0 bridgehead atoms. The summed E-state index contributed by atoms with van der Waals surface area (Å²) in [6.07, 6.45) is -0.998. The van der Waals surface area contributed by atoms with Crippen LogP contribution < -0.4 is 14.2 Å². The van der Waals surface area contributed by atoms with Gasteiger partial charge in [0.25, 0.3) is 0 Å². The van der Waals surface area contributed by atoms with Crippen LogP contribution in [0.3, 0.4) is 0 Å². The van der Waals surface area contributed by atoms with Crippen LogP contribution in [-0.2, 0) is 19.9 Å². The van der Waals surface area contributed by atoms with Crippen LogP contribution in [-0.4, -0.2) is 44.3 Å². The van der Waals surface area contributed by atoms with Crippen LogP contribution in [0, 0.1) is 5.92 Å². The average Bonchev–Trinajstić information content (AvgIpc) is 3.14. The zero-order valence-corrected chi connectivity index (χ0v) is 15.7.